The fourth-order valence-corrected chi connectivity index (χ4v) is 4.03. The summed E-state index contributed by atoms with van der Waals surface area (Å²) in [5, 5.41) is 0. The van der Waals surface area contributed by atoms with Gasteiger partial charge in [0.05, 0.1) is 11.4 Å². The molecular weight excluding hydrogens is 498 g/mol. The first kappa shape index (κ1) is 19.7. The molecule has 1 aliphatic heterocycles. The number of nitrogens with one attached hydrogen (secondary N) is 1. The molecule has 1 aliphatic rings. The van der Waals surface area contributed by atoms with E-state index in [1.165, 1.54) is 15.7 Å². The summed E-state index contributed by atoms with van der Waals surface area (Å²) < 4.78 is 14.5. The Hall–Kier alpha value is -3.25. The molecule has 0 amide bonds. The number of allylic oxidation sites excluding steroid dienone is 2. The van der Waals surface area contributed by atoms with E-state index < -0.39 is 0 Å². The minimum absolute atomic E-state index is 0.240. The lowest BCUT2D eigenvalue weighted by molar-refractivity contribution is 0.628. The number of halogens is 2. The quantitative estimate of drug-likeness (QED) is 0.277. The SMILES string of the molecule is Fc1ccc(-c2ccc(/C(=C3\C=CC(c4ccccc4)=N3)c3ccc(I)cc3)[nH]2)cc1. The third-order valence-electron chi connectivity index (χ3n) is 5.21. The van der Waals surface area contributed by atoms with Crippen molar-refractivity contribution in [2.45, 2.75) is 0 Å². The van der Waals surface area contributed by atoms with Crippen LogP contribution in [0.25, 0.3) is 16.8 Å². The van der Waals surface area contributed by atoms with Gasteiger partial charge in [-0.3, -0.25) is 0 Å². The number of aliphatic imine (C=N–C) groups is 1. The highest BCUT2D eigenvalue weighted by Gasteiger charge is 2.17. The Morgan fingerprint density at radius 2 is 1.48 bits per heavy atom. The molecule has 0 saturated heterocycles. The van der Waals surface area contributed by atoms with Gasteiger partial charge in [0.25, 0.3) is 0 Å². The third kappa shape index (κ3) is 4.16. The number of hydrogen-bond donors (Lipinski definition) is 1. The molecule has 3 aromatic carbocycles. The Kier molecular flexibility index (Phi) is 5.38. The molecule has 4 heteroatoms. The summed E-state index contributed by atoms with van der Waals surface area (Å²) in [7, 11) is 0. The summed E-state index contributed by atoms with van der Waals surface area (Å²) in [6, 6.07) is 29.2. The standard InChI is InChI=1S/C27H18FIN2/c28-21-10-6-19(7-11-21)24-15-17-26(31-24)27(20-8-12-22(29)13-9-20)25-16-14-23(30-25)18-4-2-1-3-5-18/h1-17,31H/b27-25+. The van der Waals surface area contributed by atoms with Crippen LogP contribution < -0.4 is 0 Å². The van der Waals surface area contributed by atoms with Crippen molar-refractivity contribution in [3.63, 3.8) is 0 Å². The van der Waals surface area contributed by atoms with Crippen LogP contribution in [0.15, 0.2) is 114 Å². The normalized spacial score (nSPS) is 14.6. The Bertz CT molecular complexity index is 1310. The summed E-state index contributed by atoms with van der Waals surface area (Å²) in [6.07, 6.45) is 4.12. The van der Waals surface area contributed by atoms with E-state index in [9.17, 15) is 4.39 Å². The molecule has 0 saturated carbocycles. The van der Waals surface area contributed by atoms with E-state index in [-0.39, 0.29) is 5.82 Å². The van der Waals surface area contributed by atoms with E-state index in [1.807, 2.05) is 24.3 Å². The van der Waals surface area contributed by atoms with E-state index >= 15 is 0 Å². The van der Waals surface area contributed by atoms with Crippen molar-refractivity contribution in [3.8, 4) is 11.3 Å². The predicted octanol–water partition coefficient (Wildman–Crippen LogP) is 7.24. The van der Waals surface area contributed by atoms with Gasteiger partial charge in [0.15, 0.2) is 0 Å². The lowest BCUT2D eigenvalue weighted by Crippen LogP contribution is -1.94. The van der Waals surface area contributed by atoms with E-state index in [1.54, 1.807) is 12.1 Å². The number of nitrogens with zero attached hydrogens (tertiary/aromatic N) is 1. The van der Waals surface area contributed by atoms with E-state index in [0.29, 0.717) is 0 Å². The Morgan fingerprint density at radius 1 is 0.742 bits per heavy atom. The van der Waals surface area contributed by atoms with Gasteiger partial charge in [0.1, 0.15) is 5.82 Å². The fraction of sp³-hybridized carbons (Fsp3) is 0. The first-order valence-electron chi connectivity index (χ1n) is 9.95. The minimum Gasteiger partial charge on any atom is -0.354 e. The zero-order valence-electron chi connectivity index (χ0n) is 16.5. The molecule has 31 heavy (non-hydrogen) atoms. The first-order valence-corrected chi connectivity index (χ1v) is 11.0. The van der Waals surface area contributed by atoms with Gasteiger partial charge in [0.2, 0.25) is 0 Å². The smallest absolute Gasteiger partial charge is 0.123 e. The monoisotopic (exact) mass is 516 g/mol. The van der Waals surface area contributed by atoms with Crippen LogP contribution in [0.4, 0.5) is 4.39 Å². The summed E-state index contributed by atoms with van der Waals surface area (Å²) in [5.74, 6) is -0.240. The number of H-pyrrole nitrogens is 1. The van der Waals surface area contributed by atoms with Gasteiger partial charge < -0.3 is 4.98 Å². The zero-order valence-corrected chi connectivity index (χ0v) is 18.7. The second-order valence-corrected chi connectivity index (χ2v) is 8.50. The van der Waals surface area contributed by atoms with E-state index in [2.05, 4.69) is 82.2 Å². The van der Waals surface area contributed by atoms with Crippen molar-refractivity contribution in [2.75, 3.05) is 0 Å². The first-order chi connectivity index (χ1) is 15.2. The predicted molar refractivity (Wildman–Crippen MR) is 133 cm³/mol. The number of benzene rings is 3. The molecule has 1 N–H and O–H groups in total. The molecule has 0 radical (unpaired) electrons. The minimum atomic E-state index is -0.240. The molecule has 0 spiro atoms. The molecule has 2 nitrogen and oxygen atoms in total. The maximum absolute atomic E-state index is 13.3. The molecule has 1 aromatic heterocycles. The number of aromatic nitrogens is 1. The molecule has 0 bridgehead atoms. The van der Waals surface area contributed by atoms with E-state index in [0.717, 1.165) is 45.1 Å². The van der Waals surface area contributed by atoms with Crippen molar-refractivity contribution >= 4 is 33.9 Å². The highest BCUT2D eigenvalue weighted by Crippen LogP contribution is 2.32. The maximum Gasteiger partial charge on any atom is 0.123 e. The topological polar surface area (TPSA) is 28.1 Å². The van der Waals surface area contributed by atoms with Gasteiger partial charge in [-0.2, -0.15) is 0 Å². The summed E-state index contributed by atoms with van der Waals surface area (Å²) in [4.78, 5) is 8.45. The average Bonchev–Trinajstić information content (AvgIpc) is 3.47. The molecule has 150 valence electrons. The van der Waals surface area contributed by atoms with E-state index in [4.69, 9.17) is 4.99 Å². The lowest BCUT2D eigenvalue weighted by atomic mass is 10.0. The fourth-order valence-electron chi connectivity index (χ4n) is 3.67. The Balaban J connectivity index is 1.62. The molecule has 5 rings (SSSR count). The highest BCUT2D eigenvalue weighted by molar-refractivity contribution is 14.1. The molecule has 0 aliphatic carbocycles. The number of rotatable bonds is 4. The molecule has 2 heterocycles. The summed E-state index contributed by atoms with van der Waals surface area (Å²) in [6.45, 7) is 0. The van der Waals surface area contributed by atoms with Crippen LogP contribution in [-0.2, 0) is 0 Å². The molecule has 4 aromatic rings. The van der Waals surface area contributed by atoms with Crippen molar-refractivity contribution in [3.05, 3.63) is 135 Å². The Morgan fingerprint density at radius 3 is 2.23 bits per heavy atom. The van der Waals surface area contributed by atoms with Crippen LogP contribution in [-0.4, -0.2) is 10.7 Å². The largest absolute Gasteiger partial charge is 0.354 e. The molecule has 0 unspecified atom stereocenters. The van der Waals surface area contributed by atoms with Gasteiger partial charge in [-0.25, -0.2) is 9.38 Å². The summed E-state index contributed by atoms with van der Waals surface area (Å²) in [5.41, 5.74) is 7.92. The van der Waals surface area contributed by atoms with Crippen LogP contribution in [0.2, 0.25) is 0 Å². The van der Waals surface area contributed by atoms with Crippen LogP contribution >= 0.6 is 22.6 Å². The van der Waals surface area contributed by atoms with Crippen molar-refractivity contribution < 1.29 is 4.39 Å². The van der Waals surface area contributed by atoms with Gasteiger partial charge in [0, 0.05) is 26.1 Å². The Labute approximate surface area is 194 Å². The molecule has 0 atom stereocenters. The van der Waals surface area contributed by atoms with Crippen molar-refractivity contribution in [1.29, 1.82) is 0 Å². The molecule has 0 fully saturated rings. The molecular formula is C27H18FIN2. The van der Waals surface area contributed by atoms with Crippen LogP contribution in [0.5, 0.6) is 0 Å². The van der Waals surface area contributed by atoms with Gasteiger partial charge in [-0.15, -0.1) is 0 Å². The lowest BCUT2D eigenvalue weighted by Gasteiger charge is -2.09. The number of hydrogen-bond acceptors (Lipinski definition) is 1. The highest BCUT2D eigenvalue weighted by atomic mass is 127. The van der Waals surface area contributed by atoms with Crippen LogP contribution in [0, 0.1) is 9.39 Å². The van der Waals surface area contributed by atoms with Crippen LogP contribution in [0.3, 0.4) is 0 Å². The zero-order chi connectivity index (χ0) is 21.2. The third-order valence-corrected chi connectivity index (χ3v) is 5.93. The van der Waals surface area contributed by atoms with Gasteiger partial charge in [-0.05, 0) is 94.4 Å². The van der Waals surface area contributed by atoms with Gasteiger partial charge in [-0.1, -0.05) is 42.5 Å². The van der Waals surface area contributed by atoms with Gasteiger partial charge >= 0.3 is 0 Å². The van der Waals surface area contributed by atoms with Crippen LogP contribution in [0.1, 0.15) is 16.8 Å². The maximum atomic E-state index is 13.3. The van der Waals surface area contributed by atoms with Crippen molar-refractivity contribution in [2.24, 2.45) is 4.99 Å². The summed E-state index contributed by atoms with van der Waals surface area (Å²) >= 11 is 2.31. The average molecular weight is 516 g/mol. The second kappa shape index (κ2) is 8.47. The van der Waals surface area contributed by atoms with Crippen molar-refractivity contribution in [1.82, 2.24) is 4.98 Å². The second-order valence-electron chi connectivity index (χ2n) is 7.26. The number of aromatic amines is 1.